The van der Waals surface area contributed by atoms with Gasteiger partial charge in [0.25, 0.3) is 11.8 Å². The minimum Gasteiger partial charge on any atom is -0.342 e. The van der Waals surface area contributed by atoms with Crippen LogP contribution >= 0.6 is 0 Å². The number of hydrogen-bond acceptors (Lipinski definition) is 3. The molecule has 0 aliphatic carbocycles. The second-order valence-corrected chi connectivity index (χ2v) is 7.62. The van der Waals surface area contributed by atoms with Gasteiger partial charge in [-0.1, -0.05) is 60.7 Å². The van der Waals surface area contributed by atoms with Crippen molar-refractivity contribution in [2.24, 2.45) is 0 Å². The molecule has 4 amide bonds. The van der Waals surface area contributed by atoms with E-state index in [-0.39, 0.29) is 11.3 Å². The Hall–Kier alpha value is -4.52. The number of amides is 4. The summed E-state index contributed by atoms with van der Waals surface area (Å²) in [5, 5.41) is 2.98. The van der Waals surface area contributed by atoms with E-state index in [1.54, 1.807) is 0 Å². The number of fused-ring (bicyclic) bond motifs is 1. The number of nitrogens with one attached hydrogen (secondary N) is 1. The number of aromatic nitrogens is 1. The first-order chi connectivity index (χ1) is 16.0. The van der Waals surface area contributed by atoms with Crippen LogP contribution in [0.25, 0.3) is 17.0 Å². The number of barbiturate groups is 1. The van der Waals surface area contributed by atoms with Gasteiger partial charge < -0.3 is 4.57 Å². The number of carbonyl (C=O) groups excluding carboxylic acids is 3. The average molecular weight is 439 g/mol. The maximum Gasteiger partial charge on any atom is 0.336 e. The smallest absolute Gasteiger partial charge is 0.336 e. The van der Waals surface area contributed by atoms with Gasteiger partial charge in [0.05, 0.1) is 5.69 Å². The zero-order chi connectivity index (χ0) is 22.9. The number of hydrogen-bond donors (Lipinski definition) is 1. The molecule has 0 atom stereocenters. The van der Waals surface area contributed by atoms with Crippen molar-refractivity contribution < 1.29 is 18.8 Å². The van der Waals surface area contributed by atoms with Crippen molar-refractivity contribution in [1.29, 1.82) is 0 Å². The predicted octanol–water partition coefficient (Wildman–Crippen LogP) is 4.50. The van der Waals surface area contributed by atoms with E-state index in [0.29, 0.717) is 17.0 Å². The SMILES string of the molecule is O=C1NC(=O)N(c2ccccc2F)C(=O)C1=Cc1cn(Cc2ccccc2)c2ccccc12. The van der Waals surface area contributed by atoms with Gasteiger partial charge >= 0.3 is 6.03 Å². The first-order valence-electron chi connectivity index (χ1n) is 10.3. The number of urea groups is 1. The Labute approximate surface area is 188 Å². The Morgan fingerprint density at radius 2 is 1.55 bits per heavy atom. The maximum atomic E-state index is 14.3. The first-order valence-corrected chi connectivity index (χ1v) is 10.3. The molecule has 5 rings (SSSR count). The third kappa shape index (κ3) is 3.70. The number of carbonyl (C=O) groups is 3. The van der Waals surface area contributed by atoms with Gasteiger partial charge in [-0.05, 0) is 29.8 Å². The fourth-order valence-corrected chi connectivity index (χ4v) is 3.97. The van der Waals surface area contributed by atoms with Gasteiger partial charge in [0.15, 0.2) is 0 Å². The normalized spacial score (nSPS) is 15.4. The molecular formula is C26H18FN3O3. The molecule has 3 aromatic carbocycles. The lowest BCUT2D eigenvalue weighted by Gasteiger charge is -2.26. The van der Waals surface area contributed by atoms with Gasteiger partial charge in [0.2, 0.25) is 0 Å². The van der Waals surface area contributed by atoms with Crippen molar-refractivity contribution in [2.45, 2.75) is 6.54 Å². The van der Waals surface area contributed by atoms with Gasteiger partial charge in [-0.2, -0.15) is 0 Å². The number of halogens is 1. The maximum absolute atomic E-state index is 14.3. The van der Waals surface area contributed by atoms with Crippen molar-refractivity contribution >= 4 is 40.5 Å². The summed E-state index contributed by atoms with van der Waals surface area (Å²) < 4.78 is 16.3. The van der Waals surface area contributed by atoms with Crippen molar-refractivity contribution in [2.75, 3.05) is 4.90 Å². The van der Waals surface area contributed by atoms with Gasteiger partial charge in [-0.3, -0.25) is 14.9 Å². The van der Waals surface area contributed by atoms with Crippen molar-refractivity contribution in [3.05, 3.63) is 108 Å². The molecular weight excluding hydrogens is 421 g/mol. The zero-order valence-electron chi connectivity index (χ0n) is 17.4. The highest BCUT2D eigenvalue weighted by molar-refractivity contribution is 6.39. The van der Waals surface area contributed by atoms with E-state index >= 15 is 0 Å². The first kappa shape index (κ1) is 20.4. The Balaban J connectivity index is 1.59. The minimum atomic E-state index is -0.987. The number of benzene rings is 3. The van der Waals surface area contributed by atoms with Gasteiger partial charge in [0.1, 0.15) is 11.4 Å². The number of anilines is 1. The summed E-state index contributed by atoms with van der Waals surface area (Å²) in [7, 11) is 0. The molecule has 1 aliphatic heterocycles. The van der Waals surface area contributed by atoms with Crippen LogP contribution in [0, 0.1) is 5.82 Å². The summed E-state index contributed by atoms with van der Waals surface area (Å²) in [5.41, 5.74) is 2.20. The van der Waals surface area contributed by atoms with Gasteiger partial charge in [0, 0.05) is 29.2 Å². The Morgan fingerprint density at radius 3 is 2.33 bits per heavy atom. The molecule has 1 aromatic heterocycles. The average Bonchev–Trinajstić information content (AvgIpc) is 3.16. The lowest BCUT2D eigenvalue weighted by atomic mass is 10.1. The molecule has 162 valence electrons. The van der Waals surface area contributed by atoms with Crippen molar-refractivity contribution in [3.63, 3.8) is 0 Å². The predicted molar refractivity (Wildman–Crippen MR) is 123 cm³/mol. The second kappa shape index (κ2) is 8.20. The lowest BCUT2D eigenvalue weighted by Crippen LogP contribution is -2.54. The minimum absolute atomic E-state index is 0.218. The van der Waals surface area contributed by atoms with Crippen LogP contribution in [0.4, 0.5) is 14.9 Å². The molecule has 4 aromatic rings. The molecule has 7 heteroatoms. The summed E-state index contributed by atoms with van der Waals surface area (Å²) in [6, 6.07) is 22.0. The van der Waals surface area contributed by atoms with Crippen LogP contribution in [0.5, 0.6) is 0 Å². The molecule has 1 aliphatic rings. The largest absolute Gasteiger partial charge is 0.342 e. The van der Waals surface area contributed by atoms with Crippen LogP contribution in [-0.4, -0.2) is 22.4 Å². The third-order valence-corrected chi connectivity index (χ3v) is 5.51. The van der Waals surface area contributed by atoms with E-state index in [1.807, 2.05) is 65.4 Å². The monoisotopic (exact) mass is 439 g/mol. The van der Waals surface area contributed by atoms with E-state index in [0.717, 1.165) is 22.5 Å². The van der Waals surface area contributed by atoms with Crippen LogP contribution in [0.15, 0.2) is 90.6 Å². The number of imide groups is 2. The van der Waals surface area contributed by atoms with Crippen molar-refractivity contribution in [1.82, 2.24) is 9.88 Å². The fourth-order valence-electron chi connectivity index (χ4n) is 3.97. The molecule has 0 saturated carbocycles. The standard InChI is InChI=1S/C26H18FN3O3/c27-21-11-5-7-13-23(21)30-25(32)20(24(31)28-26(30)33)14-18-16-29(15-17-8-2-1-3-9-17)22-12-6-4-10-19(18)22/h1-14,16H,15H2,(H,28,31,33). The van der Waals surface area contributed by atoms with Crippen LogP contribution in [0.1, 0.15) is 11.1 Å². The highest BCUT2D eigenvalue weighted by atomic mass is 19.1. The summed E-state index contributed by atoms with van der Waals surface area (Å²) >= 11 is 0. The molecule has 6 nitrogen and oxygen atoms in total. The summed E-state index contributed by atoms with van der Waals surface area (Å²) in [6.07, 6.45) is 3.30. The molecule has 0 bridgehead atoms. The van der Waals surface area contributed by atoms with Gasteiger partial charge in [-0.15, -0.1) is 0 Å². The second-order valence-electron chi connectivity index (χ2n) is 7.62. The lowest BCUT2D eigenvalue weighted by molar-refractivity contribution is -0.122. The molecule has 0 radical (unpaired) electrons. The highest BCUT2D eigenvalue weighted by Crippen LogP contribution is 2.28. The van der Waals surface area contributed by atoms with E-state index < -0.39 is 23.7 Å². The summed E-state index contributed by atoms with van der Waals surface area (Å²) in [6.45, 7) is 0.602. The number of rotatable bonds is 4. The van der Waals surface area contributed by atoms with E-state index in [9.17, 15) is 18.8 Å². The number of nitrogens with zero attached hydrogens (tertiary/aromatic N) is 2. The van der Waals surface area contributed by atoms with E-state index in [4.69, 9.17) is 0 Å². The Kier molecular flexibility index (Phi) is 5.06. The van der Waals surface area contributed by atoms with Crippen molar-refractivity contribution in [3.8, 4) is 0 Å². The molecule has 33 heavy (non-hydrogen) atoms. The molecule has 1 fully saturated rings. The Bertz CT molecular complexity index is 1440. The summed E-state index contributed by atoms with van der Waals surface area (Å²) in [4.78, 5) is 38.7. The summed E-state index contributed by atoms with van der Waals surface area (Å²) in [5.74, 6) is -2.44. The van der Waals surface area contributed by atoms with Gasteiger partial charge in [-0.25, -0.2) is 14.1 Å². The molecule has 1 N–H and O–H groups in total. The highest BCUT2D eigenvalue weighted by Gasteiger charge is 2.38. The molecule has 1 saturated heterocycles. The molecule has 2 heterocycles. The Morgan fingerprint density at radius 1 is 0.848 bits per heavy atom. The fraction of sp³-hybridized carbons (Fsp3) is 0.0385. The molecule has 0 unspecified atom stereocenters. The third-order valence-electron chi connectivity index (χ3n) is 5.51. The van der Waals surface area contributed by atoms with Crippen LogP contribution in [0.3, 0.4) is 0 Å². The van der Waals surface area contributed by atoms with E-state index in [2.05, 4.69) is 5.32 Å². The van der Waals surface area contributed by atoms with Crippen LogP contribution in [0.2, 0.25) is 0 Å². The molecule has 0 spiro atoms. The quantitative estimate of drug-likeness (QED) is 0.376. The van der Waals surface area contributed by atoms with Crippen LogP contribution in [-0.2, 0) is 16.1 Å². The zero-order valence-corrected chi connectivity index (χ0v) is 17.4. The van der Waals surface area contributed by atoms with E-state index in [1.165, 1.54) is 24.3 Å². The number of para-hydroxylation sites is 2. The topological polar surface area (TPSA) is 71.4 Å². The van der Waals surface area contributed by atoms with Crippen LogP contribution < -0.4 is 10.2 Å².